The van der Waals surface area contributed by atoms with Crippen molar-refractivity contribution < 1.29 is 0 Å². The van der Waals surface area contributed by atoms with Crippen LogP contribution < -0.4 is 5.73 Å². The number of rotatable bonds is 5. The first kappa shape index (κ1) is 48.2. The van der Waals surface area contributed by atoms with Crippen LogP contribution in [-0.2, 0) is 6.42 Å². The number of fused-ring (bicyclic) bond motifs is 3. The normalized spacial score (nSPS) is 13.9. The summed E-state index contributed by atoms with van der Waals surface area (Å²) in [6.07, 6.45) is 17.4. The number of allylic oxidation sites excluding steroid dienone is 5. The van der Waals surface area contributed by atoms with Crippen molar-refractivity contribution in [1.82, 2.24) is 0 Å². The number of benzene rings is 6. The third-order valence-electron chi connectivity index (χ3n) is 11.4. The lowest BCUT2D eigenvalue weighted by Crippen LogP contribution is -2.18. The standard InChI is InChI=1S/C34H32.C8H13N.2C7H8.2C2H6/c1-23-8-10-27(11-9-23)29-16-18-31-20-32-19-17-30(22-34(32)33(31)21-29)28-14-12-26(13-15-28)24(2)25-6-4-3-5-7-25;1-7(9)8-5-3-2-4-6-8;2*1-7-5-3-2-4-6-7;2*1-2/h6,8-19,21-22,24H,3-5,7,20H2,1-2H3;2-3,5,7H,4,6,9H2,1H3;2*2-6H,1H3;2*1-2H3. The first-order valence-corrected chi connectivity index (χ1v) is 23.0. The molecule has 1 heteroatoms. The first-order valence-electron chi connectivity index (χ1n) is 23.0. The molecule has 3 aliphatic rings. The lowest BCUT2D eigenvalue weighted by molar-refractivity contribution is 0.658. The minimum Gasteiger partial charge on any atom is -0.324 e. The fourth-order valence-electron chi connectivity index (χ4n) is 7.78. The number of hydrogen-bond acceptors (Lipinski definition) is 1. The van der Waals surface area contributed by atoms with E-state index < -0.39 is 0 Å². The zero-order valence-corrected chi connectivity index (χ0v) is 38.8. The smallest absolute Gasteiger partial charge is 0.0227 e. The average molecular weight is 808 g/mol. The minimum atomic E-state index is 0.245. The monoisotopic (exact) mass is 808 g/mol. The third-order valence-corrected chi connectivity index (χ3v) is 11.4. The van der Waals surface area contributed by atoms with Crippen molar-refractivity contribution >= 4 is 0 Å². The molecule has 2 unspecified atom stereocenters. The van der Waals surface area contributed by atoms with Crippen LogP contribution >= 0.6 is 0 Å². The Hall–Kier alpha value is -5.50. The maximum absolute atomic E-state index is 5.66. The van der Waals surface area contributed by atoms with Gasteiger partial charge in [0.15, 0.2) is 0 Å². The summed E-state index contributed by atoms with van der Waals surface area (Å²) in [5.41, 5.74) is 24.9. The fraction of sp³-hybridized carbons (Fsp3) is 0.300. The summed E-state index contributed by atoms with van der Waals surface area (Å²) < 4.78 is 0. The van der Waals surface area contributed by atoms with E-state index in [-0.39, 0.29) is 6.04 Å². The maximum atomic E-state index is 5.66. The summed E-state index contributed by atoms with van der Waals surface area (Å²) in [7, 11) is 0. The van der Waals surface area contributed by atoms with Gasteiger partial charge in [-0.1, -0.05) is 220 Å². The zero-order valence-electron chi connectivity index (χ0n) is 38.8. The average Bonchev–Trinajstić information content (AvgIpc) is 3.69. The van der Waals surface area contributed by atoms with E-state index in [1.807, 2.05) is 71.0 Å². The lowest BCUT2D eigenvalue weighted by atomic mass is 9.85. The van der Waals surface area contributed by atoms with Gasteiger partial charge in [-0.3, -0.25) is 0 Å². The van der Waals surface area contributed by atoms with Crippen LogP contribution in [0.2, 0.25) is 0 Å². The topological polar surface area (TPSA) is 26.0 Å². The molecule has 9 rings (SSSR count). The van der Waals surface area contributed by atoms with Gasteiger partial charge in [0.2, 0.25) is 0 Å². The molecule has 0 saturated heterocycles. The predicted molar refractivity (Wildman–Crippen MR) is 270 cm³/mol. The Kier molecular flexibility index (Phi) is 20.5. The predicted octanol–water partition coefficient (Wildman–Crippen LogP) is 17.2. The van der Waals surface area contributed by atoms with Crippen molar-refractivity contribution in [3.63, 3.8) is 0 Å². The Morgan fingerprint density at radius 3 is 1.34 bits per heavy atom. The van der Waals surface area contributed by atoms with Crippen molar-refractivity contribution in [1.29, 1.82) is 0 Å². The minimum absolute atomic E-state index is 0.245. The van der Waals surface area contributed by atoms with Gasteiger partial charge in [0, 0.05) is 12.0 Å². The van der Waals surface area contributed by atoms with E-state index in [0.29, 0.717) is 5.92 Å². The number of aryl methyl sites for hydroxylation is 3. The molecule has 3 aliphatic carbocycles. The van der Waals surface area contributed by atoms with Gasteiger partial charge >= 0.3 is 0 Å². The highest BCUT2D eigenvalue weighted by atomic mass is 14.6. The molecule has 2 N–H and O–H groups in total. The first-order chi connectivity index (χ1) is 29.7. The lowest BCUT2D eigenvalue weighted by Gasteiger charge is -2.20. The van der Waals surface area contributed by atoms with Crippen molar-refractivity contribution in [2.24, 2.45) is 5.73 Å². The fourth-order valence-corrected chi connectivity index (χ4v) is 7.78. The van der Waals surface area contributed by atoms with Gasteiger partial charge < -0.3 is 5.73 Å². The molecule has 0 aliphatic heterocycles. The highest BCUT2D eigenvalue weighted by Crippen LogP contribution is 2.41. The van der Waals surface area contributed by atoms with Crippen LogP contribution in [0, 0.1) is 20.8 Å². The largest absolute Gasteiger partial charge is 0.324 e. The highest BCUT2D eigenvalue weighted by Gasteiger charge is 2.20. The van der Waals surface area contributed by atoms with E-state index in [2.05, 4.69) is 161 Å². The Bertz CT molecular complexity index is 2210. The molecule has 0 spiro atoms. The summed E-state index contributed by atoms with van der Waals surface area (Å²) in [6, 6.07) is 53.0. The Labute approximate surface area is 371 Å². The van der Waals surface area contributed by atoms with Crippen LogP contribution in [0.15, 0.2) is 181 Å². The van der Waals surface area contributed by atoms with Crippen molar-refractivity contribution in [3.8, 4) is 33.4 Å². The van der Waals surface area contributed by atoms with Gasteiger partial charge in [-0.15, -0.1) is 0 Å². The van der Waals surface area contributed by atoms with Gasteiger partial charge in [0.25, 0.3) is 0 Å². The molecule has 0 radical (unpaired) electrons. The van der Waals surface area contributed by atoms with E-state index in [9.17, 15) is 0 Å². The Morgan fingerprint density at radius 2 is 0.951 bits per heavy atom. The molecule has 0 heterocycles. The van der Waals surface area contributed by atoms with Crippen LogP contribution in [0.3, 0.4) is 0 Å². The van der Waals surface area contributed by atoms with Gasteiger partial charge in [0.05, 0.1) is 0 Å². The molecule has 0 bridgehead atoms. The number of hydrogen-bond donors (Lipinski definition) is 1. The quantitative estimate of drug-likeness (QED) is 0.172. The van der Waals surface area contributed by atoms with Crippen LogP contribution in [0.4, 0.5) is 0 Å². The molecule has 0 aromatic heterocycles. The molecule has 2 atom stereocenters. The van der Waals surface area contributed by atoms with Crippen LogP contribution in [0.25, 0.3) is 33.4 Å². The van der Waals surface area contributed by atoms with E-state index in [1.54, 1.807) is 5.57 Å². The molecular weight excluding hydrogens is 735 g/mol. The van der Waals surface area contributed by atoms with Crippen LogP contribution in [0.5, 0.6) is 0 Å². The van der Waals surface area contributed by atoms with Crippen LogP contribution in [0.1, 0.15) is 119 Å². The van der Waals surface area contributed by atoms with Crippen molar-refractivity contribution in [3.05, 3.63) is 214 Å². The second kappa shape index (κ2) is 26.0. The van der Waals surface area contributed by atoms with E-state index in [1.165, 1.54) is 98.0 Å². The highest BCUT2D eigenvalue weighted by molar-refractivity contribution is 5.84. The van der Waals surface area contributed by atoms with E-state index >= 15 is 0 Å². The molecule has 0 fully saturated rings. The molecule has 0 saturated carbocycles. The molecule has 6 aromatic rings. The van der Waals surface area contributed by atoms with Crippen molar-refractivity contribution in [2.75, 3.05) is 0 Å². The van der Waals surface area contributed by atoms with Gasteiger partial charge in [-0.25, -0.2) is 0 Å². The van der Waals surface area contributed by atoms with Gasteiger partial charge in [-0.05, 0) is 135 Å². The molecule has 6 aromatic carbocycles. The number of nitrogens with two attached hydrogens (primary N) is 1. The van der Waals surface area contributed by atoms with Gasteiger partial charge in [-0.2, -0.15) is 0 Å². The zero-order chi connectivity index (χ0) is 44.0. The molecule has 61 heavy (non-hydrogen) atoms. The molecule has 0 amide bonds. The van der Waals surface area contributed by atoms with Crippen LogP contribution in [-0.4, -0.2) is 6.04 Å². The molecule has 1 nitrogen and oxygen atoms in total. The second-order valence-corrected chi connectivity index (χ2v) is 16.0. The van der Waals surface area contributed by atoms with E-state index in [0.717, 1.165) is 19.3 Å². The Balaban J connectivity index is 0.000000245. The summed E-state index contributed by atoms with van der Waals surface area (Å²) in [4.78, 5) is 0. The third kappa shape index (κ3) is 14.9. The van der Waals surface area contributed by atoms with Crippen molar-refractivity contribution in [2.45, 2.75) is 119 Å². The molecule has 318 valence electrons. The van der Waals surface area contributed by atoms with E-state index in [4.69, 9.17) is 5.73 Å². The Morgan fingerprint density at radius 1 is 0.475 bits per heavy atom. The SMILES string of the molecule is CC.CC.CC(N)C1=CC=CCC1.Cc1ccc(-c2ccc3c(c2)-c2cc(-c4ccc(C(C)C5=CCCCC5)cc4)ccc2C3)cc1.Cc1ccccc1.Cc1ccccc1. The summed E-state index contributed by atoms with van der Waals surface area (Å²) >= 11 is 0. The second-order valence-electron chi connectivity index (χ2n) is 16.0. The molecular formula is C60H73N. The van der Waals surface area contributed by atoms with Gasteiger partial charge in [0.1, 0.15) is 0 Å². The summed E-state index contributed by atoms with van der Waals surface area (Å²) in [6.45, 7) is 18.7. The summed E-state index contributed by atoms with van der Waals surface area (Å²) in [5.74, 6) is 0.529. The maximum Gasteiger partial charge on any atom is 0.0227 e. The summed E-state index contributed by atoms with van der Waals surface area (Å²) in [5, 5.41) is 0.